The molecule has 0 saturated heterocycles. The van der Waals surface area contributed by atoms with Gasteiger partial charge in [-0.1, -0.05) is 158 Å². The lowest BCUT2D eigenvalue weighted by Crippen LogP contribution is -2.20. The van der Waals surface area contributed by atoms with Crippen LogP contribution in [0.15, 0.2) is 72.8 Å². The van der Waals surface area contributed by atoms with Gasteiger partial charge in [-0.25, -0.2) is 8.78 Å². The summed E-state index contributed by atoms with van der Waals surface area (Å²) in [5, 5.41) is 1.17. The van der Waals surface area contributed by atoms with Crippen molar-refractivity contribution in [2.45, 2.75) is 19.3 Å². The van der Waals surface area contributed by atoms with E-state index < -0.39 is 21.3 Å². The molecular formula is C30H16Br4Cl6F2O2. The molecule has 0 saturated carbocycles. The summed E-state index contributed by atoms with van der Waals surface area (Å²) in [6.07, 6.45) is 0. The SMILES string of the molecule is O=C(c1cc(F)c(Cl)cc1Cl)[C@H](Br)[C@H](Br)c1ccc(Cl)cc1.O=C(c1cc(F)c(Cl)cc1Cl)[C@H](Br)[C@H](Br)c1ccc(Cl)cc1. The van der Waals surface area contributed by atoms with Crippen LogP contribution in [0, 0.1) is 11.6 Å². The molecule has 44 heavy (non-hydrogen) atoms. The molecule has 14 heteroatoms. The molecule has 0 spiro atoms. The molecule has 0 aliphatic carbocycles. The predicted octanol–water partition coefficient (Wildman–Crippen LogP) is 13.7. The highest BCUT2D eigenvalue weighted by molar-refractivity contribution is 9.12. The first-order valence-corrected chi connectivity index (χ1v) is 18.0. The maximum Gasteiger partial charge on any atom is 0.179 e. The molecule has 0 heterocycles. The highest BCUT2D eigenvalue weighted by Gasteiger charge is 2.29. The van der Waals surface area contributed by atoms with E-state index in [0.29, 0.717) is 10.0 Å². The van der Waals surface area contributed by atoms with Crippen molar-refractivity contribution < 1.29 is 18.4 Å². The van der Waals surface area contributed by atoms with E-state index in [1.165, 1.54) is 12.1 Å². The van der Waals surface area contributed by atoms with E-state index in [4.69, 9.17) is 69.6 Å². The number of carbonyl (C=O) groups is 2. The van der Waals surface area contributed by atoms with Crippen molar-refractivity contribution >= 4 is 145 Å². The third-order valence-corrected chi connectivity index (χ3v) is 13.1. The molecule has 0 aliphatic rings. The van der Waals surface area contributed by atoms with Crippen LogP contribution in [0.25, 0.3) is 0 Å². The minimum atomic E-state index is -0.688. The van der Waals surface area contributed by atoms with Crippen molar-refractivity contribution in [2.24, 2.45) is 0 Å². The van der Waals surface area contributed by atoms with Crippen LogP contribution in [0.5, 0.6) is 0 Å². The van der Waals surface area contributed by atoms with Crippen LogP contribution < -0.4 is 0 Å². The molecule has 0 N–H and O–H groups in total. The molecular weight excluding hydrogens is 963 g/mol. The van der Waals surface area contributed by atoms with Gasteiger partial charge in [0.15, 0.2) is 11.6 Å². The van der Waals surface area contributed by atoms with Gasteiger partial charge >= 0.3 is 0 Å². The van der Waals surface area contributed by atoms with E-state index in [9.17, 15) is 18.4 Å². The maximum atomic E-state index is 13.6. The summed E-state index contributed by atoms with van der Waals surface area (Å²) in [7, 11) is 0. The Balaban J connectivity index is 0.000000240. The largest absolute Gasteiger partial charge is 0.293 e. The third-order valence-electron chi connectivity index (χ3n) is 5.94. The molecule has 4 atom stereocenters. The lowest BCUT2D eigenvalue weighted by atomic mass is 10.0. The summed E-state index contributed by atoms with van der Waals surface area (Å²) < 4.78 is 27.1. The number of rotatable bonds is 8. The van der Waals surface area contributed by atoms with Crippen LogP contribution in [0.3, 0.4) is 0 Å². The fourth-order valence-corrected chi connectivity index (χ4v) is 7.02. The summed E-state index contributed by atoms with van der Waals surface area (Å²) in [6.45, 7) is 0. The van der Waals surface area contributed by atoms with Crippen molar-refractivity contribution in [3.63, 3.8) is 0 Å². The summed E-state index contributed by atoms with van der Waals surface area (Å²) >= 11 is 48.5. The van der Waals surface area contributed by atoms with Gasteiger partial charge in [0.1, 0.15) is 11.6 Å². The first-order chi connectivity index (χ1) is 20.6. The van der Waals surface area contributed by atoms with E-state index >= 15 is 0 Å². The standard InChI is InChI=1S/2C15H8Br2Cl3FO/c2*16-13(7-1-3-8(18)4-2-7)14(17)15(22)9-5-12(21)11(20)6-10(9)19/h2*1-6,13-14H/t2*13-,14-/m11/s1. The van der Waals surface area contributed by atoms with E-state index in [1.807, 2.05) is 0 Å². The number of Topliss-reactive ketones (excluding diaryl/α,β-unsaturated/α-hetero) is 2. The second kappa shape index (κ2) is 17.2. The Kier molecular flexibility index (Phi) is 15.0. The second-order valence-electron chi connectivity index (χ2n) is 8.93. The molecule has 4 aromatic rings. The van der Waals surface area contributed by atoms with Crippen LogP contribution in [0.1, 0.15) is 41.5 Å². The maximum absolute atomic E-state index is 13.6. The molecule has 2 nitrogen and oxygen atoms in total. The average molecular weight is 979 g/mol. The highest BCUT2D eigenvalue weighted by atomic mass is 79.9. The molecule has 4 aromatic carbocycles. The number of benzene rings is 4. The van der Waals surface area contributed by atoms with Gasteiger partial charge in [-0.2, -0.15) is 0 Å². The zero-order valence-electron chi connectivity index (χ0n) is 21.6. The molecule has 0 aromatic heterocycles. The fourth-order valence-electron chi connectivity index (χ4n) is 3.62. The van der Waals surface area contributed by atoms with Crippen LogP contribution in [-0.2, 0) is 0 Å². The number of hydrogen-bond acceptors (Lipinski definition) is 2. The number of ketones is 2. The molecule has 4 rings (SSSR count). The Morgan fingerprint density at radius 1 is 0.500 bits per heavy atom. The Labute approximate surface area is 316 Å². The van der Waals surface area contributed by atoms with Crippen LogP contribution in [-0.4, -0.2) is 21.2 Å². The molecule has 0 radical (unpaired) electrons. The highest BCUT2D eigenvalue weighted by Crippen LogP contribution is 2.37. The van der Waals surface area contributed by atoms with Crippen molar-refractivity contribution in [2.75, 3.05) is 0 Å². The van der Waals surface area contributed by atoms with Crippen molar-refractivity contribution in [1.82, 2.24) is 0 Å². The molecule has 232 valence electrons. The van der Waals surface area contributed by atoms with Gasteiger partial charge in [-0.3, -0.25) is 9.59 Å². The Hall–Kier alpha value is -0.260. The third kappa shape index (κ3) is 9.88. The summed E-state index contributed by atoms with van der Waals surface area (Å²) in [4.78, 5) is 23.1. The van der Waals surface area contributed by atoms with E-state index in [1.54, 1.807) is 48.5 Å². The lowest BCUT2D eigenvalue weighted by Gasteiger charge is -2.17. The van der Waals surface area contributed by atoms with Crippen molar-refractivity contribution in [3.8, 4) is 0 Å². The lowest BCUT2D eigenvalue weighted by molar-refractivity contribution is 0.0983. The van der Waals surface area contributed by atoms with Crippen LogP contribution in [0.2, 0.25) is 30.1 Å². The first-order valence-electron chi connectivity index (χ1n) is 12.1. The second-order valence-corrected chi connectivity index (χ2v) is 15.4. The average Bonchev–Trinajstić information content (AvgIpc) is 2.99. The molecule has 0 aliphatic heterocycles. The molecule has 0 unspecified atom stereocenters. The quantitative estimate of drug-likeness (QED) is 0.100. The number of halogens is 12. The van der Waals surface area contributed by atoms with Crippen LogP contribution in [0.4, 0.5) is 8.78 Å². The minimum absolute atomic E-state index is 0.0730. The van der Waals surface area contributed by atoms with Gasteiger partial charge in [0.25, 0.3) is 0 Å². The van der Waals surface area contributed by atoms with Gasteiger partial charge in [0.05, 0.1) is 39.4 Å². The van der Waals surface area contributed by atoms with Crippen molar-refractivity contribution in [3.05, 3.63) is 137 Å². The van der Waals surface area contributed by atoms with Gasteiger partial charge in [0, 0.05) is 21.2 Å². The number of carbonyl (C=O) groups excluding carboxylic acids is 2. The van der Waals surface area contributed by atoms with Gasteiger partial charge < -0.3 is 0 Å². The number of alkyl halides is 4. The van der Waals surface area contributed by atoms with E-state index in [-0.39, 0.29) is 52.4 Å². The van der Waals surface area contributed by atoms with Crippen molar-refractivity contribution in [1.29, 1.82) is 0 Å². The molecule has 0 bridgehead atoms. The van der Waals surface area contributed by atoms with E-state index in [2.05, 4.69) is 63.7 Å². The van der Waals surface area contributed by atoms with Crippen LogP contribution >= 0.6 is 133 Å². The predicted molar refractivity (Wildman–Crippen MR) is 193 cm³/mol. The molecule has 0 fully saturated rings. The van der Waals surface area contributed by atoms with E-state index in [0.717, 1.165) is 23.3 Å². The zero-order chi connectivity index (χ0) is 32.9. The minimum Gasteiger partial charge on any atom is -0.293 e. The first kappa shape index (κ1) is 38.2. The fraction of sp³-hybridized carbons (Fsp3) is 0.133. The normalized spacial score (nSPS) is 13.7. The summed E-state index contributed by atoms with van der Waals surface area (Å²) in [5.74, 6) is -2.08. The summed E-state index contributed by atoms with van der Waals surface area (Å²) in [6, 6.07) is 18.6. The Bertz CT molecular complexity index is 1540. The van der Waals surface area contributed by atoms with Gasteiger partial charge in [-0.05, 0) is 59.7 Å². The smallest absolute Gasteiger partial charge is 0.179 e. The topological polar surface area (TPSA) is 34.1 Å². The Morgan fingerprint density at radius 2 is 0.795 bits per heavy atom. The monoisotopic (exact) mass is 972 g/mol. The zero-order valence-corrected chi connectivity index (χ0v) is 32.5. The summed E-state index contributed by atoms with van der Waals surface area (Å²) in [5.41, 5.74) is 1.85. The Morgan fingerprint density at radius 3 is 1.09 bits per heavy atom. The van der Waals surface area contributed by atoms with Gasteiger partial charge in [0.2, 0.25) is 0 Å². The molecule has 0 amide bonds. The number of hydrogen-bond donors (Lipinski definition) is 0. The van der Waals surface area contributed by atoms with Gasteiger partial charge in [-0.15, -0.1) is 0 Å².